The maximum absolute atomic E-state index is 3.46. The summed E-state index contributed by atoms with van der Waals surface area (Å²) in [5, 5.41) is 2.56. The third-order valence-corrected chi connectivity index (χ3v) is 3.55. The quantitative estimate of drug-likeness (QED) is 0.631. The Balaban J connectivity index is 1.92. The molecule has 18 heavy (non-hydrogen) atoms. The summed E-state index contributed by atoms with van der Waals surface area (Å²) >= 11 is 3.46. The summed E-state index contributed by atoms with van der Waals surface area (Å²) in [7, 11) is 0. The second kappa shape index (κ2) is 4.91. The highest BCUT2D eigenvalue weighted by Crippen LogP contribution is 2.12. The summed E-state index contributed by atoms with van der Waals surface area (Å²) in [5.41, 5.74) is 1.30. The SMILES string of the molecule is Brc1ccc(C[n+]2ccc3ccccc3c2)cc1. The monoisotopic (exact) mass is 298 g/mol. The van der Waals surface area contributed by atoms with E-state index in [0.717, 1.165) is 11.0 Å². The van der Waals surface area contributed by atoms with E-state index in [-0.39, 0.29) is 0 Å². The number of benzene rings is 2. The summed E-state index contributed by atoms with van der Waals surface area (Å²) < 4.78 is 3.33. The smallest absolute Gasteiger partial charge is 0.176 e. The molecule has 88 valence electrons. The molecule has 0 atom stereocenters. The maximum atomic E-state index is 3.46. The first kappa shape index (κ1) is 11.4. The van der Waals surface area contributed by atoms with E-state index < -0.39 is 0 Å². The van der Waals surface area contributed by atoms with Crippen LogP contribution in [-0.2, 0) is 6.54 Å². The normalized spacial score (nSPS) is 10.7. The van der Waals surface area contributed by atoms with E-state index in [9.17, 15) is 0 Å². The average Bonchev–Trinajstić information content (AvgIpc) is 2.41. The standard InChI is InChI=1S/C16H13BrN/c17-16-7-5-13(6-8-16)11-18-10-9-14-3-1-2-4-15(14)12-18/h1-10,12H,11H2/q+1. The molecule has 0 amide bonds. The van der Waals surface area contributed by atoms with Gasteiger partial charge in [0, 0.05) is 21.5 Å². The average molecular weight is 299 g/mol. The lowest BCUT2D eigenvalue weighted by molar-refractivity contribution is -0.687. The van der Waals surface area contributed by atoms with E-state index in [1.165, 1.54) is 16.3 Å². The van der Waals surface area contributed by atoms with Gasteiger partial charge >= 0.3 is 0 Å². The fourth-order valence-corrected chi connectivity index (χ4v) is 2.34. The zero-order valence-corrected chi connectivity index (χ0v) is 11.5. The fraction of sp³-hybridized carbons (Fsp3) is 0.0625. The van der Waals surface area contributed by atoms with Crippen LogP contribution in [0.25, 0.3) is 10.8 Å². The van der Waals surface area contributed by atoms with Gasteiger partial charge in [-0.3, -0.25) is 0 Å². The molecule has 3 rings (SSSR count). The van der Waals surface area contributed by atoms with Crippen molar-refractivity contribution in [2.45, 2.75) is 6.54 Å². The second-order valence-electron chi connectivity index (χ2n) is 4.37. The summed E-state index contributed by atoms with van der Waals surface area (Å²) in [5.74, 6) is 0. The minimum absolute atomic E-state index is 0.901. The number of nitrogens with zero attached hydrogens (tertiary/aromatic N) is 1. The Morgan fingerprint density at radius 3 is 2.33 bits per heavy atom. The number of rotatable bonds is 2. The molecule has 0 aliphatic carbocycles. The van der Waals surface area contributed by atoms with Crippen molar-refractivity contribution in [2.24, 2.45) is 0 Å². The number of halogens is 1. The highest BCUT2D eigenvalue weighted by Gasteiger charge is 2.04. The van der Waals surface area contributed by atoms with Crippen LogP contribution in [0.15, 0.2) is 71.5 Å². The molecule has 1 heterocycles. The van der Waals surface area contributed by atoms with Crippen molar-refractivity contribution >= 4 is 26.7 Å². The van der Waals surface area contributed by atoms with Gasteiger partial charge in [-0.2, -0.15) is 0 Å². The Morgan fingerprint density at radius 2 is 1.56 bits per heavy atom. The highest BCUT2D eigenvalue weighted by molar-refractivity contribution is 9.10. The lowest BCUT2D eigenvalue weighted by atomic mass is 10.1. The number of pyridine rings is 1. The Morgan fingerprint density at radius 1 is 0.833 bits per heavy atom. The minimum atomic E-state index is 0.901. The van der Waals surface area contributed by atoms with Crippen molar-refractivity contribution in [1.82, 2.24) is 0 Å². The molecule has 0 saturated carbocycles. The number of aromatic nitrogens is 1. The molecule has 0 aliphatic rings. The van der Waals surface area contributed by atoms with E-state index in [4.69, 9.17) is 0 Å². The topological polar surface area (TPSA) is 3.88 Å². The minimum Gasteiger partial charge on any atom is -0.200 e. The summed E-state index contributed by atoms with van der Waals surface area (Å²) in [6, 6.07) is 19.0. The summed E-state index contributed by atoms with van der Waals surface area (Å²) in [4.78, 5) is 0. The van der Waals surface area contributed by atoms with Crippen LogP contribution in [0.4, 0.5) is 0 Å². The number of fused-ring (bicyclic) bond motifs is 1. The van der Waals surface area contributed by atoms with Crippen molar-refractivity contribution in [3.63, 3.8) is 0 Å². The van der Waals surface area contributed by atoms with Gasteiger partial charge in [0.15, 0.2) is 18.9 Å². The van der Waals surface area contributed by atoms with Crippen molar-refractivity contribution in [3.8, 4) is 0 Å². The molecule has 0 saturated heterocycles. The second-order valence-corrected chi connectivity index (χ2v) is 5.29. The molecule has 0 N–H and O–H groups in total. The molecule has 2 aromatic carbocycles. The van der Waals surface area contributed by atoms with Gasteiger partial charge in [0.25, 0.3) is 0 Å². The van der Waals surface area contributed by atoms with Crippen LogP contribution in [0, 0.1) is 0 Å². The predicted octanol–water partition coefficient (Wildman–Crippen LogP) is 3.94. The molecule has 0 aliphatic heterocycles. The van der Waals surface area contributed by atoms with Crippen molar-refractivity contribution in [1.29, 1.82) is 0 Å². The maximum Gasteiger partial charge on any atom is 0.176 e. The third-order valence-electron chi connectivity index (χ3n) is 3.02. The fourth-order valence-electron chi connectivity index (χ4n) is 2.08. The van der Waals surface area contributed by atoms with Gasteiger partial charge in [-0.25, -0.2) is 4.57 Å². The predicted molar refractivity (Wildman–Crippen MR) is 77.4 cm³/mol. The van der Waals surface area contributed by atoms with Crippen molar-refractivity contribution < 1.29 is 4.57 Å². The van der Waals surface area contributed by atoms with E-state index in [1.54, 1.807) is 0 Å². The van der Waals surface area contributed by atoms with Gasteiger partial charge in [-0.1, -0.05) is 46.3 Å². The van der Waals surface area contributed by atoms with Crippen LogP contribution in [-0.4, -0.2) is 0 Å². The Hall–Kier alpha value is -1.67. The molecule has 1 nitrogen and oxygen atoms in total. The Labute approximate surface area is 115 Å². The van der Waals surface area contributed by atoms with Gasteiger partial charge in [0.1, 0.15) is 0 Å². The van der Waals surface area contributed by atoms with Crippen LogP contribution in [0.1, 0.15) is 5.56 Å². The highest BCUT2D eigenvalue weighted by atomic mass is 79.9. The van der Waals surface area contributed by atoms with Crippen LogP contribution >= 0.6 is 15.9 Å². The van der Waals surface area contributed by atoms with Gasteiger partial charge in [0.05, 0.1) is 0 Å². The van der Waals surface area contributed by atoms with Gasteiger partial charge in [-0.05, 0) is 23.6 Å². The lowest BCUT2D eigenvalue weighted by Crippen LogP contribution is -2.33. The molecule has 0 bridgehead atoms. The Bertz CT molecular complexity index is 674. The van der Waals surface area contributed by atoms with E-state index >= 15 is 0 Å². The van der Waals surface area contributed by atoms with Gasteiger partial charge in [-0.15, -0.1) is 0 Å². The van der Waals surface area contributed by atoms with Crippen LogP contribution in [0.3, 0.4) is 0 Å². The molecular weight excluding hydrogens is 286 g/mol. The van der Waals surface area contributed by atoms with E-state index in [2.05, 4.69) is 87.5 Å². The molecule has 0 radical (unpaired) electrons. The van der Waals surface area contributed by atoms with Crippen LogP contribution < -0.4 is 4.57 Å². The van der Waals surface area contributed by atoms with E-state index in [0.29, 0.717) is 0 Å². The largest absolute Gasteiger partial charge is 0.200 e. The molecule has 0 fully saturated rings. The first-order valence-electron chi connectivity index (χ1n) is 5.93. The zero-order chi connectivity index (χ0) is 12.4. The molecule has 1 aromatic heterocycles. The molecule has 0 unspecified atom stereocenters. The summed E-state index contributed by atoms with van der Waals surface area (Å²) in [6.45, 7) is 0.901. The van der Waals surface area contributed by atoms with Crippen LogP contribution in [0.2, 0.25) is 0 Å². The first-order valence-corrected chi connectivity index (χ1v) is 6.73. The third kappa shape index (κ3) is 2.44. The van der Waals surface area contributed by atoms with Gasteiger partial charge < -0.3 is 0 Å². The molecular formula is C16H13BrN+. The first-order chi connectivity index (χ1) is 8.81. The van der Waals surface area contributed by atoms with Crippen molar-refractivity contribution in [2.75, 3.05) is 0 Å². The van der Waals surface area contributed by atoms with Crippen molar-refractivity contribution in [3.05, 3.63) is 77.0 Å². The number of hydrogen-bond donors (Lipinski definition) is 0. The number of hydrogen-bond acceptors (Lipinski definition) is 0. The lowest BCUT2D eigenvalue weighted by Gasteiger charge is -2.00. The van der Waals surface area contributed by atoms with E-state index in [1.807, 2.05) is 0 Å². The molecule has 0 spiro atoms. The zero-order valence-electron chi connectivity index (χ0n) is 9.88. The molecule has 2 heteroatoms. The van der Waals surface area contributed by atoms with Gasteiger partial charge in [0.2, 0.25) is 0 Å². The Kier molecular flexibility index (Phi) is 3.11. The molecule has 3 aromatic rings. The summed E-state index contributed by atoms with van der Waals surface area (Å²) in [6.07, 6.45) is 4.32. The van der Waals surface area contributed by atoms with Crippen LogP contribution in [0.5, 0.6) is 0 Å².